The highest BCUT2D eigenvalue weighted by molar-refractivity contribution is 6.28. The van der Waals surface area contributed by atoms with Crippen LogP contribution in [0.1, 0.15) is 58.3 Å². The first-order valence-corrected chi connectivity index (χ1v) is 8.91. The summed E-state index contributed by atoms with van der Waals surface area (Å²) in [5.74, 6) is 1.55. The van der Waals surface area contributed by atoms with Crippen molar-refractivity contribution in [3.8, 4) is 5.75 Å². The van der Waals surface area contributed by atoms with Gasteiger partial charge in [-0.2, -0.15) is 0 Å². The van der Waals surface area contributed by atoms with Crippen molar-refractivity contribution in [3.05, 3.63) is 24.3 Å². The summed E-state index contributed by atoms with van der Waals surface area (Å²) in [6.45, 7) is 3.03. The lowest BCUT2D eigenvalue weighted by Crippen LogP contribution is -2.12. The zero-order chi connectivity index (χ0) is 16.0. The third-order valence-electron chi connectivity index (χ3n) is 3.51. The van der Waals surface area contributed by atoms with E-state index in [4.69, 9.17) is 22.1 Å². The summed E-state index contributed by atoms with van der Waals surface area (Å²) >= 11 is 5.60. The Morgan fingerprint density at radius 2 is 1.59 bits per heavy atom. The maximum absolute atomic E-state index is 5.73. The summed E-state index contributed by atoms with van der Waals surface area (Å²) in [7, 11) is 0. The van der Waals surface area contributed by atoms with E-state index in [0.717, 1.165) is 24.5 Å². The summed E-state index contributed by atoms with van der Waals surface area (Å²) < 4.78 is 5.73. The van der Waals surface area contributed by atoms with Gasteiger partial charge in [-0.3, -0.25) is 0 Å². The SMILES string of the molecule is CCCCCCCCCCOc1ccc(N=C(N)CCl)cc1. The first kappa shape index (κ1) is 18.8. The molecular weight excluding hydrogens is 296 g/mol. The molecule has 0 saturated carbocycles. The summed E-state index contributed by atoms with van der Waals surface area (Å²) in [6.07, 6.45) is 10.5. The van der Waals surface area contributed by atoms with E-state index in [-0.39, 0.29) is 5.88 Å². The number of nitrogens with zero attached hydrogens (tertiary/aromatic N) is 1. The highest BCUT2D eigenvalue weighted by Crippen LogP contribution is 2.18. The molecule has 0 aliphatic heterocycles. The molecule has 0 fully saturated rings. The van der Waals surface area contributed by atoms with Gasteiger partial charge in [-0.1, -0.05) is 51.9 Å². The Balaban J connectivity index is 2.10. The topological polar surface area (TPSA) is 47.6 Å². The number of nitrogens with two attached hydrogens (primary N) is 1. The number of benzene rings is 1. The van der Waals surface area contributed by atoms with Gasteiger partial charge in [0.1, 0.15) is 11.6 Å². The number of unbranched alkanes of at least 4 members (excludes halogenated alkanes) is 7. The van der Waals surface area contributed by atoms with Crippen LogP contribution in [0.5, 0.6) is 5.75 Å². The molecular formula is C18H29ClN2O. The molecule has 0 atom stereocenters. The van der Waals surface area contributed by atoms with Crippen molar-refractivity contribution in [1.29, 1.82) is 0 Å². The van der Waals surface area contributed by atoms with Crippen molar-refractivity contribution in [3.63, 3.8) is 0 Å². The molecule has 0 saturated heterocycles. The van der Waals surface area contributed by atoms with Crippen LogP contribution in [-0.2, 0) is 0 Å². The number of amidine groups is 1. The number of alkyl halides is 1. The average Bonchev–Trinajstić information content (AvgIpc) is 2.54. The lowest BCUT2D eigenvalue weighted by molar-refractivity contribution is 0.304. The molecule has 0 aliphatic carbocycles. The van der Waals surface area contributed by atoms with Crippen molar-refractivity contribution < 1.29 is 4.74 Å². The Morgan fingerprint density at radius 1 is 1.00 bits per heavy atom. The van der Waals surface area contributed by atoms with Crippen LogP contribution in [0.15, 0.2) is 29.3 Å². The van der Waals surface area contributed by atoms with Crippen LogP contribution in [0, 0.1) is 0 Å². The Morgan fingerprint density at radius 3 is 2.18 bits per heavy atom. The van der Waals surface area contributed by atoms with Crippen LogP contribution < -0.4 is 10.5 Å². The molecule has 0 spiro atoms. The minimum atomic E-state index is 0.247. The number of rotatable bonds is 12. The van der Waals surface area contributed by atoms with Crippen molar-refractivity contribution in [1.82, 2.24) is 0 Å². The summed E-state index contributed by atoms with van der Waals surface area (Å²) in [6, 6.07) is 7.63. The van der Waals surface area contributed by atoms with Gasteiger partial charge in [0.25, 0.3) is 0 Å². The van der Waals surface area contributed by atoms with Crippen molar-refractivity contribution in [2.24, 2.45) is 10.7 Å². The van der Waals surface area contributed by atoms with Gasteiger partial charge in [-0.15, -0.1) is 11.6 Å². The van der Waals surface area contributed by atoms with E-state index in [1.807, 2.05) is 24.3 Å². The normalized spacial score (nSPS) is 11.6. The van der Waals surface area contributed by atoms with Gasteiger partial charge in [0.15, 0.2) is 0 Å². The van der Waals surface area contributed by atoms with Gasteiger partial charge in [0.2, 0.25) is 0 Å². The minimum absolute atomic E-state index is 0.247. The average molecular weight is 325 g/mol. The molecule has 3 nitrogen and oxygen atoms in total. The van der Waals surface area contributed by atoms with Crippen LogP contribution in [-0.4, -0.2) is 18.3 Å². The Kier molecular flexibility index (Phi) is 10.6. The van der Waals surface area contributed by atoms with E-state index < -0.39 is 0 Å². The number of hydrogen-bond donors (Lipinski definition) is 1. The fourth-order valence-corrected chi connectivity index (χ4v) is 2.30. The first-order valence-electron chi connectivity index (χ1n) is 8.38. The third kappa shape index (κ3) is 8.93. The fourth-order valence-electron chi connectivity index (χ4n) is 2.24. The molecule has 0 bridgehead atoms. The molecule has 2 N–H and O–H groups in total. The molecule has 22 heavy (non-hydrogen) atoms. The van der Waals surface area contributed by atoms with Crippen LogP contribution in [0.3, 0.4) is 0 Å². The van der Waals surface area contributed by atoms with Crippen LogP contribution >= 0.6 is 11.6 Å². The molecule has 124 valence electrons. The van der Waals surface area contributed by atoms with Gasteiger partial charge < -0.3 is 10.5 Å². The van der Waals surface area contributed by atoms with E-state index in [2.05, 4.69) is 11.9 Å². The maximum Gasteiger partial charge on any atom is 0.119 e. The van der Waals surface area contributed by atoms with Crippen LogP contribution in [0.25, 0.3) is 0 Å². The Hall–Kier alpha value is -1.22. The quantitative estimate of drug-likeness (QED) is 0.241. The molecule has 1 aromatic carbocycles. The van der Waals surface area contributed by atoms with E-state index in [0.29, 0.717) is 5.84 Å². The zero-order valence-electron chi connectivity index (χ0n) is 13.7. The maximum atomic E-state index is 5.73. The zero-order valence-corrected chi connectivity index (χ0v) is 14.4. The standard InChI is InChI=1S/C18H29ClN2O/c1-2-3-4-5-6-7-8-9-14-22-17-12-10-16(11-13-17)21-18(20)15-19/h10-13H,2-9,14-15H2,1H3,(H2,20,21). The Labute approximate surface area is 139 Å². The van der Waals surface area contributed by atoms with Gasteiger partial charge >= 0.3 is 0 Å². The second-order valence-electron chi connectivity index (χ2n) is 5.55. The summed E-state index contributed by atoms with van der Waals surface area (Å²) in [5.41, 5.74) is 6.40. The summed E-state index contributed by atoms with van der Waals surface area (Å²) in [5, 5.41) is 0. The van der Waals surface area contributed by atoms with Gasteiger partial charge in [0.05, 0.1) is 18.2 Å². The number of aliphatic imine (C=N–C) groups is 1. The van der Waals surface area contributed by atoms with E-state index in [1.165, 1.54) is 44.9 Å². The number of hydrogen-bond acceptors (Lipinski definition) is 2. The first-order chi connectivity index (χ1) is 10.8. The van der Waals surface area contributed by atoms with E-state index >= 15 is 0 Å². The fraction of sp³-hybridized carbons (Fsp3) is 0.611. The number of ether oxygens (including phenoxy) is 1. The number of halogens is 1. The monoisotopic (exact) mass is 324 g/mol. The molecule has 4 heteroatoms. The summed E-state index contributed by atoms with van der Waals surface area (Å²) in [4.78, 5) is 4.18. The smallest absolute Gasteiger partial charge is 0.119 e. The third-order valence-corrected chi connectivity index (χ3v) is 3.79. The van der Waals surface area contributed by atoms with Gasteiger partial charge in [0, 0.05) is 0 Å². The van der Waals surface area contributed by atoms with E-state index in [1.54, 1.807) is 0 Å². The molecule has 0 aliphatic rings. The highest BCUT2D eigenvalue weighted by atomic mass is 35.5. The van der Waals surface area contributed by atoms with Gasteiger partial charge in [-0.25, -0.2) is 4.99 Å². The minimum Gasteiger partial charge on any atom is -0.494 e. The predicted molar refractivity (Wildman–Crippen MR) is 96.5 cm³/mol. The van der Waals surface area contributed by atoms with Crippen LogP contribution in [0.2, 0.25) is 0 Å². The van der Waals surface area contributed by atoms with Crippen molar-refractivity contribution >= 4 is 23.1 Å². The molecule has 0 radical (unpaired) electrons. The lowest BCUT2D eigenvalue weighted by Gasteiger charge is -2.06. The van der Waals surface area contributed by atoms with Gasteiger partial charge in [-0.05, 0) is 30.7 Å². The molecule has 0 heterocycles. The Bertz CT molecular complexity index is 418. The molecule has 0 amide bonds. The molecule has 0 aromatic heterocycles. The van der Waals surface area contributed by atoms with Crippen molar-refractivity contribution in [2.45, 2.75) is 58.3 Å². The van der Waals surface area contributed by atoms with Crippen molar-refractivity contribution in [2.75, 3.05) is 12.5 Å². The lowest BCUT2D eigenvalue weighted by atomic mass is 10.1. The largest absolute Gasteiger partial charge is 0.494 e. The molecule has 0 unspecified atom stereocenters. The second kappa shape index (κ2) is 12.3. The molecule has 1 rings (SSSR count). The second-order valence-corrected chi connectivity index (χ2v) is 5.82. The van der Waals surface area contributed by atoms with E-state index in [9.17, 15) is 0 Å². The van der Waals surface area contributed by atoms with Crippen LogP contribution in [0.4, 0.5) is 5.69 Å². The highest BCUT2D eigenvalue weighted by Gasteiger charge is 1.97. The molecule has 1 aromatic rings. The predicted octanol–water partition coefficient (Wildman–Crippen LogP) is 5.43.